The van der Waals surface area contributed by atoms with E-state index in [1.807, 2.05) is 0 Å². The van der Waals surface area contributed by atoms with E-state index in [9.17, 15) is 4.79 Å². The van der Waals surface area contributed by atoms with Crippen molar-refractivity contribution in [3.63, 3.8) is 0 Å². The number of halogens is 2. The van der Waals surface area contributed by atoms with Crippen LogP contribution in [0.25, 0.3) is 0 Å². The number of rotatable bonds is 1. The normalized spacial score (nSPS) is 9.64. The van der Waals surface area contributed by atoms with Crippen LogP contribution in [-0.2, 0) is 0 Å². The van der Waals surface area contributed by atoms with E-state index in [1.54, 1.807) is 18.2 Å². The van der Waals surface area contributed by atoms with Crippen LogP contribution in [0.2, 0.25) is 5.02 Å². The number of primary amides is 1. The molecule has 0 aromatic heterocycles. The first-order valence-corrected chi connectivity index (χ1v) is 4.04. The lowest BCUT2D eigenvalue weighted by Crippen LogP contribution is -2.11. The Kier molecular flexibility index (Phi) is 2.52. The first-order chi connectivity index (χ1) is 5.13. The maximum atomic E-state index is 10.7. The Balaban J connectivity index is 3.27. The quantitative estimate of drug-likeness (QED) is 0.795. The van der Waals surface area contributed by atoms with Crippen molar-refractivity contribution in [3.8, 4) is 0 Å². The highest BCUT2D eigenvalue weighted by Gasteiger charge is 2.07. The molecule has 1 rings (SSSR count). The lowest BCUT2D eigenvalue weighted by molar-refractivity contribution is 0.100. The number of carbonyl (C=O) groups is 1. The number of benzene rings is 1. The van der Waals surface area contributed by atoms with Crippen molar-refractivity contribution in [2.24, 2.45) is 5.73 Å². The SMILES string of the molecule is NC(=O)c1cccc(Br)c1Cl. The average molecular weight is 234 g/mol. The molecular formula is C7H5BrClNO. The molecule has 0 heterocycles. The molecule has 0 fully saturated rings. The Labute approximate surface area is 77.5 Å². The van der Waals surface area contributed by atoms with E-state index in [0.29, 0.717) is 15.1 Å². The number of hydrogen-bond donors (Lipinski definition) is 1. The van der Waals surface area contributed by atoms with E-state index < -0.39 is 5.91 Å². The van der Waals surface area contributed by atoms with E-state index in [2.05, 4.69) is 15.9 Å². The largest absolute Gasteiger partial charge is 0.366 e. The smallest absolute Gasteiger partial charge is 0.250 e. The summed E-state index contributed by atoms with van der Waals surface area (Å²) in [7, 11) is 0. The Morgan fingerprint density at radius 3 is 2.64 bits per heavy atom. The van der Waals surface area contributed by atoms with Gasteiger partial charge in [0.25, 0.3) is 0 Å². The minimum Gasteiger partial charge on any atom is -0.366 e. The standard InChI is InChI=1S/C7H5BrClNO/c8-5-3-1-2-4(6(5)9)7(10)11/h1-3H,(H2,10,11). The molecule has 4 heteroatoms. The summed E-state index contributed by atoms with van der Waals surface area (Å²) in [6.07, 6.45) is 0. The predicted octanol–water partition coefficient (Wildman–Crippen LogP) is 2.20. The lowest BCUT2D eigenvalue weighted by atomic mass is 10.2. The Morgan fingerprint density at radius 1 is 1.55 bits per heavy atom. The molecule has 2 N–H and O–H groups in total. The second-order valence-electron chi connectivity index (χ2n) is 1.97. The van der Waals surface area contributed by atoms with Gasteiger partial charge in [0.2, 0.25) is 5.91 Å². The second kappa shape index (κ2) is 3.24. The average Bonchev–Trinajstić information content (AvgIpc) is 1.94. The van der Waals surface area contributed by atoms with Gasteiger partial charge in [-0.15, -0.1) is 0 Å². The molecule has 0 bridgehead atoms. The molecule has 0 saturated carbocycles. The van der Waals surface area contributed by atoms with Crippen molar-refractivity contribution in [2.75, 3.05) is 0 Å². The monoisotopic (exact) mass is 233 g/mol. The third-order valence-electron chi connectivity index (χ3n) is 1.22. The highest BCUT2D eigenvalue weighted by Crippen LogP contribution is 2.25. The fourth-order valence-corrected chi connectivity index (χ4v) is 1.28. The number of amides is 1. The molecule has 0 atom stereocenters. The molecule has 0 saturated heterocycles. The van der Waals surface area contributed by atoms with Crippen LogP contribution >= 0.6 is 27.5 Å². The number of hydrogen-bond acceptors (Lipinski definition) is 1. The fourth-order valence-electron chi connectivity index (χ4n) is 0.694. The van der Waals surface area contributed by atoms with Gasteiger partial charge in [0.1, 0.15) is 0 Å². The Bertz CT molecular complexity index is 300. The Hall–Kier alpha value is -0.540. The van der Waals surface area contributed by atoms with E-state index in [0.717, 1.165) is 0 Å². The van der Waals surface area contributed by atoms with E-state index in [1.165, 1.54) is 0 Å². The maximum absolute atomic E-state index is 10.7. The van der Waals surface area contributed by atoms with Crippen molar-refractivity contribution >= 4 is 33.4 Å². The zero-order valence-electron chi connectivity index (χ0n) is 5.47. The molecule has 1 aromatic carbocycles. The highest BCUT2D eigenvalue weighted by molar-refractivity contribution is 9.10. The van der Waals surface area contributed by atoms with Crippen LogP contribution in [0.4, 0.5) is 0 Å². The van der Waals surface area contributed by atoms with Gasteiger partial charge in [-0.2, -0.15) is 0 Å². The van der Waals surface area contributed by atoms with Crippen molar-refractivity contribution in [1.82, 2.24) is 0 Å². The molecule has 58 valence electrons. The van der Waals surface area contributed by atoms with Crippen molar-refractivity contribution in [1.29, 1.82) is 0 Å². The molecule has 0 aliphatic carbocycles. The van der Waals surface area contributed by atoms with Gasteiger partial charge in [-0.3, -0.25) is 4.79 Å². The number of carbonyl (C=O) groups excluding carboxylic acids is 1. The van der Waals surface area contributed by atoms with Gasteiger partial charge in [0, 0.05) is 4.47 Å². The van der Waals surface area contributed by atoms with Gasteiger partial charge in [0.05, 0.1) is 10.6 Å². The molecule has 11 heavy (non-hydrogen) atoms. The van der Waals surface area contributed by atoms with E-state index in [-0.39, 0.29) is 0 Å². The van der Waals surface area contributed by atoms with Crippen LogP contribution in [0.15, 0.2) is 22.7 Å². The summed E-state index contributed by atoms with van der Waals surface area (Å²) >= 11 is 8.92. The topological polar surface area (TPSA) is 43.1 Å². The maximum Gasteiger partial charge on any atom is 0.250 e. The third kappa shape index (κ3) is 1.73. The first-order valence-electron chi connectivity index (χ1n) is 2.86. The molecule has 0 spiro atoms. The van der Waals surface area contributed by atoms with Crippen LogP contribution in [0, 0.1) is 0 Å². The summed E-state index contributed by atoms with van der Waals surface area (Å²) in [6, 6.07) is 5.03. The number of nitrogens with two attached hydrogens (primary N) is 1. The van der Waals surface area contributed by atoms with Gasteiger partial charge in [-0.1, -0.05) is 17.7 Å². The molecular weight excluding hydrogens is 229 g/mol. The zero-order valence-corrected chi connectivity index (χ0v) is 7.82. The van der Waals surface area contributed by atoms with Crippen LogP contribution < -0.4 is 5.73 Å². The summed E-state index contributed by atoms with van der Waals surface area (Å²) in [5, 5.41) is 0.361. The summed E-state index contributed by atoms with van der Waals surface area (Å²) < 4.78 is 0.676. The zero-order chi connectivity index (χ0) is 8.43. The second-order valence-corrected chi connectivity index (χ2v) is 3.20. The van der Waals surface area contributed by atoms with E-state index in [4.69, 9.17) is 17.3 Å². The summed E-state index contributed by atoms with van der Waals surface area (Å²) in [5.41, 5.74) is 5.37. The minimum atomic E-state index is -0.517. The van der Waals surface area contributed by atoms with Crippen LogP contribution in [0.1, 0.15) is 10.4 Å². The van der Waals surface area contributed by atoms with Gasteiger partial charge in [0.15, 0.2) is 0 Å². The Morgan fingerprint density at radius 2 is 2.18 bits per heavy atom. The van der Waals surface area contributed by atoms with Crippen LogP contribution in [0.5, 0.6) is 0 Å². The molecule has 1 aromatic rings. The molecule has 0 aliphatic heterocycles. The third-order valence-corrected chi connectivity index (χ3v) is 2.51. The highest BCUT2D eigenvalue weighted by atomic mass is 79.9. The molecule has 0 aliphatic rings. The van der Waals surface area contributed by atoms with Crippen molar-refractivity contribution in [3.05, 3.63) is 33.3 Å². The predicted molar refractivity (Wildman–Crippen MR) is 47.7 cm³/mol. The van der Waals surface area contributed by atoms with Crippen molar-refractivity contribution in [2.45, 2.75) is 0 Å². The first kappa shape index (κ1) is 8.56. The summed E-state index contributed by atoms with van der Waals surface area (Å²) in [4.78, 5) is 10.7. The van der Waals surface area contributed by atoms with Crippen LogP contribution in [-0.4, -0.2) is 5.91 Å². The molecule has 1 amide bonds. The summed E-state index contributed by atoms with van der Waals surface area (Å²) in [6.45, 7) is 0. The molecule has 0 unspecified atom stereocenters. The van der Waals surface area contributed by atoms with Gasteiger partial charge >= 0.3 is 0 Å². The molecule has 2 nitrogen and oxygen atoms in total. The summed E-state index contributed by atoms with van der Waals surface area (Å²) in [5.74, 6) is -0.517. The van der Waals surface area contributed by atoms with Gasteiger partial charge < -0.3 is 5.73 Å². The van der Waals surface area contributed by atoms with Gasteiger partial charge in [-0.25, -0.2) is 0 Å². The lowest BCUT2D eigenvalue weighted by Gasteiger charge is -1.99. The van der Waals surface area contributed by atoms with E-state index >= 15 is 0 Å². The van der Waals surface area contributed by atoms with Gasteiger partial charge in [-0.05, 0) is 28.1 Å². The van der Waals surface area contributed by atoms with Crippen molar-refractivity contribution < 1.29 is 4.79 Å². The van der Waals surface area contributed by atoms with Crippen LogP contribution in [0.3, 0.4) is 0 Å². The fraction of sp³-hybridized carbons (Fsp3) is 0. The minimum absolute atomic E-state index is 0.334. The molecule has 0 radical (unpaired) electrons.